The van der Waals surface area contributed by atoms with Crippen LogP contribution in [0.15, 0.2) is 18.2 Å². The Morgan fingerprint density at radius 1 is 1.32 bits per heavy atom. The second-order valence-corrected chi connectivity index (χ2v) is 5.37. The third kappa shape index (κ3) is 2.62. The minimum Gasteiger partial charge on any atom is -0.385 e. The molecule has 0 saturated heterocycles. The van der Waals surface area contributed by atoms with Gasteiger partial charge in [0.25, 0.3) is 0 Å². The number of fused-ring (bicyclic) bond motifs is 1. The summed E-state index contributed by atoms with van der Waals surface area (Å²) in [5.74, 6) is 0.791. The Labute approximate surface area is 112 Å². The van der Waals surface area contributed by atoms with Crippen LogP contribution in [0.5, 0.6) is 0 Å². The first kappa shape index (κ1) is 12.2. The number of benzene rings is 1. The first-order chi connectivity index (χ1) is 9.36. The van der Waals surface area contributed by atoms with Crippen molar-refractivity contribution in [1.29, 1.82) is 0 Å². The Morgan fingerprint density at radius 2 is 2.16 bits per heavy atom. The van der Waals surface area contributed by atoms with Crippen molar-refractivity contribution in [3.05, 3.63) is 23.9 Å². The highest BCUT2D eigenvalue weighted by Gasteiger charge is 2.13. The zero-order valence-corrected chi connectivity index (χ0v) is 11.0. The Bertz CT molecular complexity index is 570. The van der Waals surface area contributed by atoms with Crippen LogP contribution in [0.4, 0.5) is 5.69 Å². The number of aromatic amines is 1. The maximum atomic E-state index is 10.9. The van der Waals surface area contributed by atoms with Crippen LogP contribution in [0.1, 0.15) is 42.6 Å². The molecule has 0 amide bonds. The second kappa shape index (κ2) is 5.43. The topological polar surface area (TPSA) is 57.8 Å². The summed E-state index contributed by atoms with van der Waals surface area (Å²) in [6.07, 6.45) is 7.60. The Hall–Kier alpha value is -1.84. The summed E-state index contributed by atoms with van der Waals surface area (Å²) in [6, 6.07) is 5.98. The summed E-state index contributed by atoms with van der Waals surface area (Å²) in [5, 5.41) is 11.2. The number of anilines is 1. The average molecular weight is 257 g/mol. The molecule has 0 aliphatic heterocycles. The molecule has 0 radical (unpaired) electrons. The summed E-state index contributed by atoms with van der Waals surface area (Å²) in [7, 11) is 0. The molecular formula is C15H19N3O. The molecule has 0 atom stereocenters. The predicted molar refractivity (Wildman–Crippen MR) is 76.5 cm³/mol. The molecule has 19 heavy (non-hydrogen) atoms. The number of H-pyrrole nitrogens is 1. The van der Waals surface area contributed by atoms with E-state index in [2.05, 4.69) is 15.5 Å². The lowest BCUT2D eigenvalue weighted by molar-refractivity contribution is 0.112. The highest BCUT2D eigenvalue weighted by molar-refractivity contribution is 5.96. The van der Waals surface area contributed by atoms with Crippen molar-refractivity contribution < 1.29 is 4.79 Å². The molecule has 4 heteroatoms. The van der Waals surface area contributed by atoms with Crippen molar-refractivity contribution in [1.82, 2.24) is 10.2 Å². The average Bonchev–Trinajstić information content (AvgIpc) is 2.88. The summed E-state index contributed by atoms with van der Waals surface area (Å²) in [5.41, 5.74) is 2.46. The molecule has 3 rings (SSSR count). The second-order valence-electron chi connectivity index (χ2n) is 5.37. The number of hydrogen-bond donors (Lipinski definition) is 2. The Kier molecular flexibility index (Phi) is 3.49. The van der Waals surface area contributed by atoms with Crippen LogP contribution in [-0.2, 0) is 0 Å². The molecule has 1 heterocycles. The minimum atomic E-state index is 0.552. The van der Waals surface area contributed by atoms with Crippen LogP contribution < -0.4 is 5.32 Å². The molecule has 4 nitrogen and oxygen atoms in total. The normalized spacial score (nSPS) is 16.6. The van der Waals surface area contributed by atoms with Gasteiger partial charge in [-0.3, -0.25) is 9.89 Å². The lowest BCUT2D eigenvalue weighted by atomic mass is 9.89. The lowest BCUT2D eigenvalue weighted by Gasteiger charge is -2.22. The van der Waals surface area contributed by atoms with Crippen molar-refractivity contribution in [2.24, 2.45) is 5.92 Å². The third-order valence-electron chi connectivity index (χ3n) is 4.02. The van der Waals surface area contributed by atoms with Gasteiger partial charge in [0.1, 0.15) is 5.69 Å². The Morgan fingerprint density at radius 3 is 2.95 bits per heavy atom. The highest BCUT2D eigenvalue weighted by atomic mass is 16.1. The van der Waals surface area contributed by atoms with Crippen LogP contribution >= 0.6 is 0 Å². The van der Waals surface area contributed by atoms with Gasteiger partial charge >= 0.3 is 0 Å². The fourth-order valence-electron chi connectivity index (χ4n) is 2.88. The number of carbonyl (C=O) groups is 1. The Balaban J connectivity index is 1.71. The number of carbonyl (C=O) groups excluding carboxylic acids is 1. The maximum Gasteiger partial charge on any atom is 0.168 e. The van der Waals surface area contributed by atoms with Crippen LogP contribution in [0.2, 0.25) is 0 Å². The van der Waals surface area contributed by atoms with E-state index in [0.29, 0.717) is 5.69 Å². The van der Waals surface area contributed by atoms with E-state index in [-0.39, 0.29) is 0 Å². The van der Waals surface area contributed by atoms with Gasteiger partial charge < -0.3 is 5.32 Å². The minimum absolute atomic E-state index is 0.552. The number of aromatic nitrogens is 2. The van der Waals surface area contributed by atoms with Crippen molar-refractivity contribution in [3.8, 4) is 0 Å². The van der Waals surface area contributed by atoms with Crippen molar-refractivity contribution in [2.45, 2.75) is 32.1 Å². The van der Waals surface area contributed by atoms with E-state index in [1.54, 1.807) is 0 Å². The van der Waals surface area contributed by atoms with E-state index in [0.717, 1.165) is 35.3 Å². The molecule has 1 aromatic heterocycles. The van der Waals surface area contributed by atoms with E-state index in [4.69, 9.17) is 0 Å². The van der Waals surface area contributed by atoms with Gasteiger partial charge in [-0.1, -0.05) is 19.3 Å². The van der Waals surface area contributed by atoms with E-state index in [1.165, 1.54) is 32.1 Å². The standard InChI is InChI=1S/C15H19N3O/c19-10-15-13-8-12(6-7-14(13)17-18-15)16-9-11-4-2-1-3-5-11/h6-8,10-11,16H,1-5,9H2,(H,17,18). The number of hydrogen-bond acceptors (Lipinski definition) is 3. The predicted octanol–water partition coefficient (Wildman–Crippen LogP) is 3.37. The monoisotopic (exact) mass is 257 g/mol. The highest BCUT2D eigenvalue weighted by Crippen LogP contribution is 2.25. The molecule has 1 aliphatic rings. The maximum absolute atomic E-state index is 10.9. The molecule has 2 N–H and O–H groups in total. The van der Waals surface area contributed by atoms with Gasteiger partial charge in [-0.05, 0) is 37.0 Å². The summed E-state index contributed by atoms with van der Waals surface area (Å²) < 4.78 is 0. The molecule has 0 spiro atoms. The van der Waals surface area contributed by atoms with Crippen LogP contribution in [0, 0.1) is 5.92 Å². The zero-order valence-electron chi connectivity index (χ0n) is 11.0. The van der Waals surface area contributed by atoms with Gasteiger partial charge in [0, 0.05) is 17.6 Å². The fraction of sp³-hybridized carbons (Fsp3) is 0.467. The molecule has 1 fully saturated rings. The van der Waals surface area contributed by atoms with E-state index >= 15 is 0 Å². The molecule has 2 aromatic rings. The van der Waals surface area contributed by atoms with E-state index < -0.39 is 0 Å². The zero-order chi connectivity index (χ0) is 13.1. The molecular weight excluding hydrogens is 238 g/mol. The van der Waals surface area contributed by atoms with Gasteiger partial charge in [-0.2, -0.15) is 5.10 Å². The fourth-order valence-corrected chi connectivity index (χ4v) is 2.88. The first-order valence-corrected chi connectivity index (χ1v) is 7.04. The number of nitrogens with one attached hydrogen (secondary N) is 2. The number of nitrogens with zero attached hydrogens (tertiary/aromatic N) is 1. The van der Waals surface area contributed by atoms with Gasteiger partial charge in [0.05, 0.1) is 5.52 Å². The summed E-state index contributed by atoms with van der Waals surface area (Å²) in [4.78, 5) is 10.9. The van der Waals surface area contributed by atoms with Crippen LogP contribution in [-0.4, -0.2) is 23.0 Å². The van der Waals surface area contributed by atoms with Crippen molar-refractivity contribution in [2.75, 3.05) is 11.9 Å². The third-order valence-corrected chi connectivity index (χ3v) is 4.02. The van der Waals surface area contributed by atoms with E-state index in [9.17, 15) is 4.79 Å². The van der Waals surface area contributed by atoms with Gasteiger partial charge in [0.15, 0.2) is 6.29 Å². The molecule has 0 bridgehead atoms. The quantitative estimate of drug-likeness (QED) is 0.826. The number of aldehydes is 1. The summed E-state index contributed by atoms with van der Waals surface area (Å²) in [6.45, 7) is 1.03. The lowest BCUT2D eigenvalue weighted by Crippen LogP contribution is -2.16. The number of rotatable bonds is 4. The first-order valence-electron chi connectivity index (χ1n) is 7.04. The largest absolute Gasteiger partial charge is 0.385 e. The molecule has 1 aromatic carbocycles. The van der Waals surface area contributed by atoms with Crippen molar-refractivity contribution in [3.63, 3.8) is 0 Å². The molecule has 100 valence electrons. The van der Waals surface area contributed by atoms with Crippen LogP contribution in [0.3, 0.4) is 0 Å². The van der Waals surface area contributed by atoms with Gasteiger partial charge in [-0.25, -0.2) is 0 Å². The van der Waals surface area contributed by atoms with Gasteiger partial charge in [-0.15, -0.1) is 0 Å². The molecule has 1 aliphatic carbocycles. The van der Waals surface area contributed by atoms with Crippen LogP contribution in [0.25, 0.3) is 10.9 Å². The van der Waals surface area contributed by atoms with Gasteiger partial charge in [0.2, 0.25) is 0 Å². The molecule has 0 unspecified atom stereocenters. The van der Waals surface area contributed by atoms with Crippen molar-refractivity contribution >= 4 is 22.9 Å². The summed E-state index contributed by atoms with van der Waals surface area (Å²) >= 11 is 0. The SMILES string of the molecule is O=Cc1[nH]nc2ccc(NCC3CCCCC3)cc12. The molecule has 1 saturated carbocycles. The van der Waals surface area contributed by atoms with E-state index in [1.807, 2.05) is 18.2 Å². The smallest absolute Gasteiger partial charge is 0.168 e.